The van der Waals surface area contributed by atoms with Crippen molar-refractivity contribution < 1.29 is 46.1 Å². The van der Waals surface area contributed by atoms with Crippen molar-refractivity contribution in [3.8, 4) is 0 Å². The van der Waals surface area contributed by atoms with Gasteiger partial charge in [0.05, 0.1) is 0 Å². The number of nitrogens with two attached hydrogens (primary N) is 1. The highest BCUT2D eigenvalue weighted by Crippen LogP contribution is 2.13. The number of hydrogen-bond donors (Lipinski definition) is 5. The first-order valence-electron chi connectivity index (χ1n) is 5.40. The number of aliphatic carboxylic acids is 2. The number of nitrogens with one attached hydrogen (secondary N) is 2. The summed E-state index contributed by atoms with van der Waals surface area (Å²) in [7, 11) is 0. The summed E-state index contributed by atoms with van der Waals surface area (Å²) in [6.45, 7) is 0. The first kappa shape index (κ1) is 24.5. The van der Waals surface area contributed by atoms with Crippen LogP contribution >= 0.6 is 11.6 Å². The number of nitrogens with zero attached hydrogens (tertiary/aromatic N) is 1. The zero-order valence-corrected chi connectivity index (χ0v) is 12.4. The standard InChI is InChI=1S/C6H7ClN4.2C2HF3O2/c7-5-3-4(1-2-10-5)11-6(8)9;2*3-2(4,5)1(6)7/h1-3H,(H4,8,9,10,11);2*(H,6,7). The highest BCUT2D eigenvalue weighted by atomic mass is 35.5. The van der Waals surface area contributed by atoms with E-state index < -0.39 is 24.3 Å². The van der Waals surface area contributed by atoms with E-state index in [9.17, 15) is 26.3 Å². The highest BCUT2D eigenvalue weighted by Gasteiger charge is 2.38. The Hall–Kier alpha value is -2.77. The third-order valence-corrected chi connectivity index (χ3v) is 1.70. The van der Waals surface area contributed by atoms with Crippen molar-refractivity contribution in [1.29, 1.82) is 5.41 Å². The molecule has 1 aromatic heterocycles. The molecular formula is C10H9ClF6N4O4. The number of hydrogen-bond acceptors (Lipinski definition) is 4. The van der Waals surface area contributed by atoms with E-state index in [-0.39, 0.29) is 5.96 Å². The Morgan fingerprint density at radius 2 is 1.48 bits per heavy atom. The molecule has 0 radical (unpaired) electrons. The summed E-state index contributed by atoms with van der Waals surface area (Å²) >= 11 is 5.57. The van der Waals surface area contributed by atoms with Gasteiger partial charge < -0.3 is 21.3 Å². The molecule has 1 rings (SSSR count). The number of carbonyl (C=O) groups is 2. The van der Waals surface area contributed by atoms with Crippen molar-refractivity contribution in [2.45, 2.75) is 12.4 Å². The smallest absolute Gasteiger partial charge is 0.475 e. The monoisotopic (exact) mass is 398 g/mol. The number of guanidine groups is 1. The lowest BCUT2D eigenvalue weighted by atomic mass is 10.4. The highest BCUT2D eigenvalue weighted by molar-refractivity contribution is 6.29. The molecule has 0 aliphatic rings. The minimum atomic E-state index is -5.08. The van der Waals surface area contributed by atoms with Gasteiger partial charge in [-0.3, -0.25) is 5.41 Å². The normalized spacial score (nSPS) is 10.4. The van der Waals surface area contributed by atoms with Gasteiger partial charge >= 0.3 is 24.3 Å². The molecule has 0 atom stereocenters. The summed E-state index contributed by atoms with van der Waals surface area (Å²) in [5.41, 5.74) is 5.75. The number of rotatable bonds is 1. The molecule has 0 aliphatic carbocycles. The molecular weight excluding hydrogens is 390 g/mol. The molecule has 0 saturated heterocycles. The third kappa shape index (κ3) is 14.5. The van der Waals surface area contributed by atoms with E-state index in [1.807, 2.05) is 0 Å². The molecule has 142 valence electrons. The molecule has 0 bridgehead atoms. The molecule has 15 heteroatoms. The van der Waals surface area contributed by atoms with Gasteiger partial charge in [-0.15, -0.1) is 0 Å². The Balaban J connectivity index is 0. The zero-order chi connectivity index (χ0) is 20.4. The summed E-state index contributed by atoms with van der Waals surface area (Å²) in [6.07, 6.45) is -8.63. The Morgan fingerprint density at radius 1 is 1.12 bits per heavy atom. The molecule has 0 amide bonds. The topological polar surface area (TPSA) is 149 Å². The average molecular weight is 399 g/mol. The van der Waals surface area contributed by atoms with Gasteiger partial charge in [0.15, 0.2) is 5.96 Å². The van der Waals surface area contributed by atoms with Crippen LogP contribution < -0.4 is 11.1 Å². The summed E-state index contributed by atoms with van der Waals surface area (Å²) in [6, 6.07) is 3.26. The Labute approximate surface area is 139 Å². The van der Waals surface area contributed by atoms with Crippen molar-refractivity contribution >= 4 is 35.2 Å². The number of pyridine rings is 1. The molecule has 0 aromatic carbocycles. The van der Waals surface area contributed by atoms with E-state index in [1.54, 1.807) is 12.1 Å². The van der Waals surface area contributed by atoms with Gasteiger partial charge in [0, 0.05) is 11.9 Å². The van der Waals surface area contributed by atoms with Crippen molar-refractivity contribution in [2.75, 3.05) is 5.32 Å². The van der Waals surface area contributed by atoms with Crippen LogP contribution in [-0.4, -0.2) is 45.4 Å². The second-order valence-corrected chi connectivity index (χ2v) is 3.90. The Kier molecular flexibility index (Phi) is 9.96. The summed E-state index contributed by atoms with van der Waals surface area (Å²) < 4.78 is 63.5. The predicted molar refractivity (Wildman–Crippen MR) is 72.2 cm³/mol. The number of aromatic nitrogens is 1. The van der Waals surface area contributed by atoms with Gasteiger partial charge in [0.1, 0.15) is 5.15 Å². The molecule has 0 saturated carbocycles. The Bertz CT molecular complexity index is 584. The second-order valence-electron chi connectivity index (χ2n) is 3.51. The van der Waals surface area contributed by atoms with E-state index in [0.29, 0.717) is 10.8 Å². The SMILES string of the molecule is N=C(N)Nc1ccnc(Cl)c1.O=C(O)C(F)(F)F.O=C(O)C(F)(F)F. The molecule has 0 spiro atoms. The van der Waals surface area contributed by atoms with Gasteiger partial charge in [0.2, 0.25) is 0 Å². The van der Waals surface area contributed by atoms with Crippen LogP contribution in [0.5, 0.6) is 0 Å². The second kappa shape index (κ2) is 10.2. The van der Waals surface area contributed by atoms with E-state index in [2.05, 4.69) is 10.3 Å². The fourth-order valence-corrected chi connectivity index (χ4v) is 0.810. The number of alkyl halides is 6. The lowest BCUT2D eigenvalue weighted by Crippen LogP contribution is -2.21. The van der Waals surface area contributed by atoms with Crippen LogP contribution in [0.2, 0.25) is 5.15 Å². The molecule has 25 heavy (non-hydrogen) atoms. The van der Waals surface area contributed by atoms with Crippen LogP contribution in [0.1, 0.15) is 0 Å². The van der Waals surface area contributed by atoms with Crippen LogP contribution in [0.25, 0.3) is 0 Å². The van der Waals surface area contributed by atoms with Gasteiger partial charge in [-0.1, -0.05) is 11.6 Å². The van der Waals surface area contributed by atoms with Gasteiger partial charge in [-0.25, -0.2) is 14.6 Å². The average Bonchev–Trinajstić information content (AvgIpc) is 2.36. The maximum absolute atomic E-state index is 10.6. The largest absolute Gasteiger partial charge is 0.490 e. The van der Waals surface area contributed by atoms with Gasteiger partial charge in [-0.2, -0.15) is 26.3 Å². The van der Waals surface area contributed by atoms with Crippen molar-refractivity contribution in [2.24, 2.45) is 5.73 Å². The van der Waals surface area contributed by atoms with E-state index in [4.69, 9.17) is 42.5 Å². The van der Waals surface area contributed by atoms with Crippen LogP contribution in [0, 0.1) is 5.41 Å². The van der Waals surface area contributed by atoms with Crippen LogP contribution in [0.3, 0.4) is 0 Å². The fraction of sp³-hybridized carbons (Fsp3) is 0.200. The molecule has 0 unspecified atom stereocenters. The minimum Gasteiger partial charge on any atom is -0.475 e. The van der Waals surface area contributed by atoms with E-state index in [1.165, 1.54) is 6.20 Å². The number of halogens is 7. The van der Waals surface area contributed by atoms with Crippen molar-refractivity contribution in [3.63, 3.8) is 0 Å². The summed E-state index contributed by atoms with van der Waals surface area (Å²) in [5.74, 6) is -5.63. The Morgan fingerprint density at radius 3 is 1.72 bits per heavy atom. The lowest BCUT2D eigenvalue weighted by Gasteiger charge is -2.01. The van der Waals surface area contributed by atoms with Crippen LogP contribution in [0.4, 0.5) is 32.0 Å². The third-order valence-electron chi connectivity index (χ3n) is 1.49. The first-order valence-corrected chi connectivity index (χ1v) is 5.78. The first-order chi connectivity index (χ1) is 11.1. The predicted octanol–water partition coefficient (Wildman–Crippen LogP) is 2.31. The zero-order valence-electron chi connectivity index (χ0n) is 11.6. The van der Waals surface area contributed by atoms with Gasteiger partial charge in [0.25, 0.3) is 0 Å². The molecule has 8 nitrogen and oxygen atoms in total. The minimum absolute atomic E-state index is 0.118. The number of anilines is 1. The summed E-state index contributed by atoms with van der Waals surface area (Å²) in [4.78, 5) is 21.6. The lowest BCUT2D eigenvalue weighted by molar-refractivity contribution is -0.193. The number of carboxylic acids is 2. The van der Waals surface area contributed by atoms with Gasteiger partial charge in [-0.05, 0) is 12.1 Å². The van der Waals surface area contributed by atoms with Crippen molar-refractivity contribution in [3.05, 3.63) is 23.5 Å². The quantitative estimate of drug-likeness (QED) is 0.211. The number of carboxylic acid groups (broad SMARTS) is 2. The van der Waals surface area contributed by atoms with E-state index >= 15 is 0 Å². The molecule has 1 heterocycles. The molecule has 1 aromatic rings. The molecule has 0 aliphatic heterocycles. The molecule has 6 N–H and O–H groups in total. The van der Waals surface area contributed by atoms with E-state index in [0.717, 1.165) is 0 Å². The maximum atomic E-state index is 10.6. The molecule has 0 fully saturated rings. The van der Waals surface area contributed by atoms with Crippen molar-refractivity contribution in [1.82, 2.24) is 4.98 Å². The van der Waals surface area contributed by atoms with Crippen LogP contribution in [0.15, 0.2) is 18.3 Å². The maximum Gasteiger partial charge on any atom is 0.490 e. The summed E-state index contributed by atoms with van der Waals surface area (Å²) in [5, 5.41) is 24.1. The fourth-order valence-electron chi connectivity index (χ4n) is 0.636. The van der Waals surface area contributed by atoms with Crippen LogP contribution in [-0.2, 0) is 9.59 Å².